The molecule has 0 saturated carbocycles. The summed E-state index contributed by atoms with van der Waals surface area (Å²) >= 11 is 0.780. The molecule has 5 N–H and O–H groups in total. The number of benzene rings is 1. The van der Waals surface area contributed by atoms with Crippen LogP contribution in [0.1, 0.15) is 60.7 Å². The fourth-order valence-electron chi connectivity index (χ4n) is 3.02. The first-order chi connectivity index (χ1) is 14.5. The van der Waals surface area contributed by atoms with Crippen LogP contribution in [0.3, 0.4) is 0 Å². The van der Waals surface area contributed by atoms with Crippen LogP contribution >= 0.6 is 11.5 Å². The molecule has 0 spiro atoms. The summed E-state index contributed by atoms with van der Waals surface area (Å²) in [7, 11) is 1.54. The monoisotopic (exact) mass is 447 g/mol. The number of nitrogen functional groups attached to an aromatic ring is 1. The molecule has 3 amide bonds. The van der Waals surface area contributed by atoms with Crippen molar-refractivity contribution in [3.63, 3.8) is 0 Å². The number of nitrogens with zero attached hydrogens (tertiary/aromatic N) is 2. The second kappa shape index (κ2) is 9.78. The zero-order valence-electron chi connectivity index (χ0n) is 18.4. The maximum atomic E-state index is 13.6. The van der Waals surface area contributed by atoms with E-state index in [1.54, 1.807) is 24.3 Å². The van der Waals surface area contributed by atoms with Gasteiger partial charge in [0.25, 0.3) is 11.8 Å². The van der Waals surface area contributed by atoms with Crippen molar-refractivity contribution in [1.82, 2.24) is 9.69 Å². The van der Waals surface area contributed by atoms with Gasteiger partial charge in [-0.2, -0.15) is 4.37 Å². The number of carbonyl (C=O) groups excluding carboxylic acids is 3. The van der Waals surface area contributed by atoms with Gasteiger partial charge >= 0.3 is 0 Å². The SMILES string of the molecule is CCC[C@H](C(=O)NC(C)(C)C)N(C(=O)c1snc(C(N)=O)c1N)c1ccc(OC)cc1. The molecule has 2 aromatic rings. The summed E-state index contributed by atoms with van der Waals surface area (Å²) in [6.07, 6.45) is 1.08. The van der Waals surface area contributed by atoms with Crippen LogP contribution in [0.4, 0.5) is 11.4 Å². The van der Waals surface area contributed by atoms with E-state index in [1.807, 2.05) is 27.7 Å². The van der Waals surface area contributed by atoms with Gasteiger partial charge in [-0.25, -0.2) is 0 Å². The van der Waals surface area contributed by atoms with Crippen molar-refractivity contribution in [2.24, 2.45) is 5.73 Å². The Morgan fingerprint density at radius 3 is 2.29 bits per heavy atom. The first kappa shape index (κ1) is 24.1. The first-order valence-electron chi connectivity index (χ1n) is 9.84. The number of carbonyl (C=O) groups is 3. The number of amides is 3. The number of rotatable bonds is 8. The van der Waals surface area contributed by atoms with E-state index < -0.39 is 23.4 Å². The first-order valence-corrected chi connectivity index (χ1v) is 10.6. The Labute approximate surface area is 185 Å². The molecule has 0 aliphatic carbocycles. The minimum absolute atomic E-state index is 0.0503. The lowest BCUT2D eigenvalue weighted by Gasteiger charge is -2.33. The average molecular weight is 448 g/mol. The predicted molar refractivity (Wildman–Crippen MR) is 121 cm³/mol. The summed E-state index contributed by atoms with van der Waals surface area (Å²) in [6.45, 7) is 7.54. The molecule has 2 rings (SSSR count). The molecule has 0 unspecified atom stereocenters. The summed E-state index contributed by atoms with van der Waals surface area (Å²) in [5.41, 5.74) is 11.0. The molecule has 31 heavy (non-hydrogen) atoms. The molecule has 1 aromatic carbocycles. The van der Waals surface area contributed by atoms with Gasteiger partial charge in [0.1, 0.15) is 16.7 Å². The van der Waals surface area contributed by atoms with Crippen molar-refractivity contribution < 1.29 is 19.1 Å². The van der Waals surface area contributed by atoms with Crippen molar-refractivity contribution in [2.75, 3.05) is 17.7 Å². The Kier molecular flexibility index (Phi) is 7.61. The van der Waals surface area contributed by atoms with Crippen molar-refractivity contribution in [2.45, 2.75) is 52.1 Å². The van der Waals surface area contributed by atoms with E-state index in [0.29, 0.717) is 24.3 Å². The number of nitrogens with one attached hydrogen (secondary N) is 1. The Morgan fingerprint density at radius 2 is 1.84 bits per heavy atom. The molecule has 0 aliphatic heterocycles. The molecule has 10 heteroatoms. The fraction of sp³-hybridized carbons (Fsp3) is 0.429. The van der Waals surface area contributed by atoms with E-state index in [1.165, 1.54) is 12.0 Å². The lowest BCUT2D eigenvalue weighted by Crippen LogP contribution is -2.54. The molecule has 1 atom stereocenters. The number of aromatic nitrogens is 1. The number of methoxy groups -OCH3 is 1. The zero-order chi connectivity index (χ0) is 23.3. The lowest BCUT2D eigenvalue weighted by molar-refractivity contribution is -0.123. The Hall–Kier alpha value is -3.14. The van der Waals surface area contributed by atoms with E-state index in [2.05, 4.69) is 9.69 Å². The van der Waals surface area contributed by atoms with Gasteiger partial charge in [0, 0.05) is 11.2 Å². The van der Waals surface area contributed by atoms with Crippen LogP contribution in [-0.4, -0.2) is 40.8 Å². The maximum absolute atomic E-state index is 13.6. The van der Waals surface area contributed by atoms with Crippen LogP contribution in [0.5, 0.6) is 5.75 Å². The highest BCUT2D eigenvalue weighted by atomic mass is 32.1. The third kappa shape index (κ3) is 5.72. The van der Waals surface area contributed by atoms with Gasteiger partial charge in [0.15, 0.2) is 5.69 Å². The van der Waals surface area contributed by atoms with Gasteiger partial charge in [-0.3, -0.25) is 19.3 Å². The summed E-state index contributed by atoms with van der Waals surface area (Å²) in [5, 5.41) is 2.95. The van der Waals surface area contributed by atoms with Gasteiger partial charge in [-0.1, -0.05) is 13.3 Å². The minimum atomic E-state index is -0.820. The van der Waals surface area contributed by atoms with Crippen LogP contribution in [0, 0.1) is 0 Å². The Balaban J connectivity index is 2.59. The molecule has 1 heterocycles. The van der Waals surface area contributed by atoms with Gasteiger partial charge in [0.2, 0.25) is 5.91 Å². The number of ether oxygens (including phenoxy) is 1. The molecule has 0 aliphatic rings. The number of hydrogen-bond donors (Lipinski definition) is 3. The van der Waals surface area contributed by atoms with Gasteiger partial charge < -0.3 is 21.5 Å². The smallest absolute Gasteiger partial charge is 0.272 e. The van der Waals surface area contributed by atoms with Crippen LogP contribution in [-0.2, 0) is 4.79 Å². The normalized spacial score (nSPS) is 12.2. The minimum Gasteiger partial charge on any atom is -0.497 e. The van der Waals surface area contributed by atoms with E-state index in [4.69, 9.17) is 16.2 Å². The van der Waals surface area contributed by atoms with Crippen LogP contribution < -0.4 is 26.4 Å². The molecule has 1 aromatic heterocycles. The molecule has 0 radical (unpaired) electrons. The lowest BCUT2D eigenvalue weighted by atomic mass is 10.0. The molecular formula is C21H29N5O4S. The third-order valence-corrected chi connectivity index (χ3v) is 5.25. The highest BCUT2D eigenvalue weighted by Gasteiger charge is 2.35. The van der Waals surface area contributed by atoms with E-state index in [0.717, 1.165) is 11.5 Å². The van der Waals surface area contributed by atoms with Crippen molar-refractivity contribution in [1.29, 1.82) is 0 Å². The summed E-state index contributed by atoms with van der Waals surface area (Å²) < 4.78 is 9.13. The second-order valence-electron chi connectivity index (χ2n) is 8.06. The third-order valence-electron chi connectivity index (χ3n) is 4.40. The van der Waals surface area contributed by atoms with E-state index in [-0.39, 0.29) is 22.2 Å². The molecule has 168 valence electrons. The fourth-order valence-corrected chi connectivity index (χ4v) is 3.77. The summed E-state index contributed by atoms with van der Waals surface area (Å²) in [4.78, 5) is 39.8. The number of anilines is 2. The zero-order valence-corrected chi connectivity index (χ0v) is 19.2. The highest BCUT2D eigenvalue weighted by Crippen LogP contribution is 2.30. The van der Waals surface area contributed by atoms with Crippen LogP contribution in [0.15, 0.2) is 24.3 Å². The summed E-state index contributed by atoms with van der Waals surface area (Å²) in [6, 6.07) is 5.98. The summed E-state index contributed by atoms with van der Waals surface area (Å²) in [5.74, 6) is -1.04. The van der Waals surface area contributed by atoms with E-state index >= 15 is 0 Å². The molecule has 0 fully saturated rings. The standard InChI is InChI=1S/C21H29N5O4S/c1-6-7-14(19(28)24-21(2,3)4)26(12-8-10-13(30-5)11-9-12)20(29)17-15(22)16(18(23)27)25-31-17/h8-11,14H,6-7,22H2,1-5H3,(H2,23,27)(H,24,28)/t14-/m1/s1. The molecule has 9 nitrogen and oxygen atoms in total. The number of primary amides is 1. The number of nitrogens with two attached hydrogens (primary N) is 2. The quantitative estimate of drug-likeness (QED) is 0.568. The maximum Gasteiger partial charge on any atom is 0.272 e. The topological polar surface area (TPSA) is 141 Å². The Morgan fingerprint density at radius 1 is 1.23 bits per heavy atom. The van der Waals surface area contributed by atoms with Crippen molar-refractivity contribution in [3.05, 3.63) is 34.8 Å². The molecule has 0 bridgehead atoms. The van der Waals surface area contributed by atoms with Gasteiger partial charge in [-0.15, -0.1) is 0 Å². The molecular weight excluding hydrogens is 418 g/mol. The van der Waals surface area contributed by atoms with Gasteiger partial charge in [0.05, 0.1) is 12.8 Å². The second-order valence-corrected chi connectivity index (χ2v) is 8.83. The van der Waals surface area contributed by atoms with Crippen molar-refractivity contribution >= 4 is 40.6 Å². The predicted octanol–water partition coefficient (Wildman–Crippen LogP) is 2.56. The van der Waals surface area contributed by atoms with E-state index in [9.17, 15) is 14.4 Å². The molecule has 0 saturated heterocycles. The Bertz CT molecular complexity index is 950. The van der Waals surface area contributed by atoms with Crippen LogP contribution in [0.25, 0.3) is 0 Å². The van der Waals surface area contributed by atoms with Gasteiger partial charge in [-0.05, 0) is 63.0 Å². The van der Waals surface area contributed by atoms with Crippen LogP contribution in [0.2, 0.25) is 0 Å². The number of hydrogen-bond acceptors (Lipinski definition) is 7. The largest absolute Gasteiger partial charge is 0.497 e. The highest BCUT2D eigenvalue weighted by molar-refractivity contribution is 7.09. The average Bonchev–Trinajstić information content (AvgIpc) is 3.08. The van der Waals surface area contributed by atoms with Crippen molar-refractivity contribution in [3.8, 4) is 5.75 Å².